The average Bonchev–Trinajstić information content (AvgIpc) is 2.88. The van der Waals surface area contributed by atoms with E-state index in [4.69, 9.17) is 9.52 Å². The van der Waals surface area contributed by atoms with Crippen molar-refractivity contribution in [2.75, 3.05) is 0 Å². The van der Waals surface area contributed by atoms with Gasteiger partial charge in [0, 0.05) is 11.6 Å². The summed E-state index contributed by atoms with van der Waals surface area (Å²) in [5, 5.41) is 11.3. The molecule has 0 aliphatic heterocycles. The molecule has 2 rings (SSSR count). The molecule has 1 heterocycles. The number of oxazole rings is 1. The molecule has 1 aromatic carbocycles. The molecule has 2 N–H and O–H groups in total. The fraction of sp³-hybridized carbons (Fsp3) is 0.133. The number of carboxylic acid groups (broad SMARTS) is 1. The first-order valence-corrected chi connectivity index (χ1v) is 6.25. The summed E-state index contributed by atoms with van der Waals surface area (Å²) >= 11 is 0. The van der Waals surface area contributed by atoms with Crippen molar-refractivity contribution in [3.63, 3.8) is 0 Å². The van der Waals surface area contributed by atoms with E-state index in [0.29, 0.717) is 22.8 Å². The Morgan fingerprint density at radius 1 is 1.43 bits per heavy atom. The molecule has 0 bridgehead atoms. The van der Waals surface area contributed by atoms with Crippen LogP contribution in [0.25, 0.3) is 6.08 Å². The minimum absolute atomic E-state index is 0.196. The van der Waals surface area contributed by atoms with Crippen LogP contribution >= 0.6 is 0 Å². The third-order valence-electron chi connectivity index (χ3n) is 2.64. The van der Waals surface area contributed by atoms with Crippen molar-refractivity contribution in [1.29, 1.82) is 0 Å². The maximum atomic E-state index is 12.0. The lowest BCUT2D eigenvalue weighted by Gasteiger charge is -2.03. The molecular weight excluding hydrogens is 272 g/mol. The molecule has 2 aromatic rings. The number of carbonyl (C=O) groups excluding carboxylic acids is 1. The molecular formula is C15H14N2O4. The number of aliphatic carboxylic acids is 1. The van der Waals surface area contributed by atoms with Crippen molar-refractivity contribution in [2.24, 2.45) is 0 Å². The highest BCUT2D eigenvalue weighted by Gasteiger charge is 2.07. The molecule has 0 aliphatic carbocycles. The van der Waals surface area contributed by atoms with E-state index in [2.05, 4.69) is 10.3 Å². The van der Waals surface area contributed by atoms with Gasteiger partial charge in [-0.15, -0.1) is 0 Å². The van der Waals surface area contributed by atoms with Gasteiger partial charge in [-0.1, -0.05) is 12.1 Å². The fourth-order valence-electron chi connectivity index (χ4n) is 1.69. The van der Waals surface area contributed by atoms with Crippen LogP contribution < -0.4 is 5.32 Å². The van der Waals surface area contributed by atoms with Gasteiger partial charge in [-0.05, 0) is 30.7 Å². The van der Waals surface area contributed by atoms with Crippen LogP contribution in [0, 0.1) is 6.92 Å². The van der Waals surface area contributed by atoms with Crippen LogP contribution in [0.3, 0.4) is 0 Å². The number of carbonyl (C=O) groups is 2. The minimum atomic E-state index is -1.04. The molecule has 0 saturated heterocycles. The lowest BCUT2D eigenvalue weighted by Crippen LogP contribution is -2.22. The van der Waals surface area contributed by atoms with Gasteiger partial charge in [0.15, 0.2) is 0 Å². The van der Waals surface area contributed by atoms with Crippen LogP contribution in [-0.2, 0) is 11.3 Å². The van der Waals surface area contributed by atoms with E-state index < -0.39 is 5.97 Å². The summed E-state index contributed by atoms with van der Waals surface area (Å²) in [5.74, 6) is -0.205. The Morgan fingerprint density at radius 3 is 2.90 bits per heavy atom. The van der Waals surface area contributed by atoms with Crippen molar-refractivity contribution in [3.05, 3.63) is 59.3 Å². The van der Waals surface area contributed by atoms with Crippen molar-refractivity contribution >= 4 is 18.0 Å². The van der Waals surface area contributed by atoms with Crippen LogP contribution in [0.15, 0.2) is 41.0 Å². The monoisotopic (exact) mass is 286 g/mol. The highest BCUT2D eigenvalue weighted by atomic mass is 16.4. The summed E-state index contributed by atoms with van der Waals surface area (Å²) < 4.78 is 5.26. The molecule has 0 fully saturated rings. The van der Waals surface area contributed by atoms with E-state index >= 15 is 0 Å². The maximum Gasteiger partial charge on any atom is 0.328 e. The highest BCUT2D eigenvalue weighted by Crippen LogP contribution is 2.08. The third-order valence-corrected chi connectivity index (χ3v) is 2.64. The Bertz CT molecular complexity index is 688. The smallest absolute Gasteiger partial charge is 0.328 e. The number of amides is 1. The predicted octanol–water partition coefficient (Wildman–Crippen LogP) is 2.01. The lowest BCUT2D eigenvalue weighted by atomic mass is 10.1. The predicted molar refractivity (Wildman–Crippen MR) is 75.5 cm³/mol. The van der Waals surface area contributed by atoms with Gasteiger partial charge >= 0.3 is 5.97 Å². The second-order valence-corrected chi connectivity index (χ2v) is 4.34. The number of aryl methyl sites for hydroxylation is 1. The van der Waals surface area contributed by atoms with Gasteiger partial charge in [-0.3, -0.25) is 4.79 Å². The zero-order valence-corrected chi connectivity index (χ0v) is 11.4. The molecule has 0 spiro atoms. The van der Waals surface area contributed by atoms with E-state index in [0.717, 1.165) is 6.08 Å². The molecule has 6 heteroatoms. The number of benzene rings is 1. The van der Waals surface area contributed by atoms with E-state index in [1.54, 1.807) is 37.4 Å². The van der Waals surface area contributed by atoms with Gasteiger partial charge in [-0.2, -0.15) is 0 Å². The van der Waals surface area contributed by atoms with Crippen molar-refractivity contribution in [3.8, 4) is 0 Å². The van der Waals surface area contributed by atoms with E-state index in [9.17, 15) is 9.59 Å². The largest absolute Gasteiger partial charge is 0.478 e. The van der Waals surface area contributed by atoms with E-state index in [1.807, 2.05) is 0 Å². The highest BCUT2D eigenvalue weighted by molar-refractivity contribution is 5.95. The molecule has 0 unspecified atom stereocenters. The normalized spacial score (nSPS) is 10.7. The molecule has 0 aliphatic rings. The molecule has 108 valence electrons. The summed E-state index contributed by atoms with van der Waals surface area (Å²) in [6.45, 7) is 1.97. The van der Waals surface area contributed by atoms with Gasteiger partial charge in [0.05, 0.1) is 12.7 Å². The molecule has 0 radical (unpaired) electrons. The number of hydrogen-bond donors (Lipinski definition) is 2. The summed E-state index contributed by atoms with van der Waals surface area (Å²) in [5.41, 5.74) is 1.07. The second-order valence-electron chi connectivity index (χ2n) is 4.34. The van der Waals surface area contributed by atoms with E-state index in [1.165, 1.54) is 6.08 Å². The second kappa shape index (κ2) is 6.51. The summed E-state index contributed by atoms with van der Waals surface area (Å²) in [7, 11) is 0. The molecule has 1 aromatic heterocycles. The number of nitrogens with one attached hydrogen (secondary N) is 1. The zero-order chi connectivity index (χ0) is 15.2. The van der Waals surface area contributed by atoms with E-state index in [-0.39, 0.29) is 12.5 Å². The summed E-state index contributed by atoms with van der Waals surface area (Å²) in [6.07, 6.45) is 4.03. The molecule has 6 nitrogen and oxygen atoms in total. The molecule has 21 heavy (non-hydrogen) atoms. The van der Waals surface area contributed by atoms with Gasteiger partial charge in [0.2, 0.25) is 5.89 Å². The average molecular weight is 286 g/mol. The lowest BCUT2D eigenvalue weighted by molar-refractivity contribution is -0.131. The first-order chi connectivity index (χ1) is 10.0. The summed E-state index contributed by atoms with van der Waals surface area (Å²) in [4.78, 5) is 26.5. The van der Waals surface area contributed by atoms with Crippen molar-refractivity contribution in [1.82, 2.24) is 10.3 Å². The quantitative estimate of drug-likeness (QED) is 0.820. The van der Waals surface area contributed by atoms with Crippen LogP contribution in [-0.4, -0.2) is 22.0 Å². The molecule has 1 amide bonds. The topological polar surface area (TPSA) is 92.4 Å². The van der Waals surface area contributed by atoms with Gasteiger partial charge in [0.1, 0.15) is 5.76 Å². The molecule has 0 saturated carbocycles. The van der Waals surface area contributed by atoms with Crippen LogP contribution in [0.2, 0.25) is 0 Å². The van der Waals surface area contributed by atoms with Crippen LogP contribution in [0.5, 0.6) is 0 Å². The van der Waals surface area contributed by atoms with Crippen LogP contribution in [0.1, 0.15) is 27.6 Å². The van der Waals surface area contributed by atoms with Gasteiger partial charge < -0.3 is 14.8 Å². The van der Waals surface area contributed by atoms with Gasteiger partial charge in [0.25, 0.3) is 5.91 Å². The third kappa shape index (κ3) is 4.31. The maximum absolute atomic E-state index is 12.0. The Morgan fingerprint density at radius 2 is 2.24 bits per heavy atom. The van der Waals surface area contributed by atoms with Gasteiger partial charge in [-0.25, -0.2) is 9.78 Å². The Hall–Kier alpha value is -2.89. The number of rotatable bonds is 5. The number of aromatic nitrogens is 1. The fourth-order valence-corrected chi connectivity index (χ4v) is 1.69. The Balaban J connectivity index is 2.02. The zero-order valence-electron chi connectivity index (χ0n) is 11.4. The number of carboxylic acids is 1. The summed E-state index contributed by atoms with van der Waals surface area (Å²) in [6, 6.07) is 6.66. The Labute approximate surface area is 121 Å². The molecule has 0 atom stereocenters. The van der Waals surface area contributed by atoms with Crippen molar-refractivity contribution in [2.45, 2.75) is 13.5 Å². The number of nitrogens with zero attached hydrogens (tertiary/aromatic N) is 1. The van der Waals surface area contributed by atoms with Crippen LogP contribution in [0.4, 0.5) is 0 Å². The number of hydrogen-bond acceptors (Lipinski definition) is 4. The SMILES string of the molecule is Cc1cnc(CNC(=O)c2cccc(/C=C/C(=O)O)c2)o1. The standard InChI is InChI=1S/C15H14N2O4/c1-10-8-16-13(21-10)9-17-15(20)12-4-2-3-11(7-12)5-6-14(18)19/h2-8H,9H2,1H3,(H,17,20)(H,18,19)/b6-5+. The van der Waals surface area contributed by atoms with Crippen molar-refractivity contribution < 1.29 is 19.1 Å². The minimum Gasteiger partial charge on any atom is -0.478 e. The first kappa shape index (κ1) is 14.5. The Kier molecular flexibility index (Phi) is 4.50. The first-order valence-electron chi connectivity index (χ1n) is 6.25.